The number of methoxy groups -OCH3 is 1. The molecule has 7 heteroatoms. The summed E-state index contributed by atoms with van der Waals surface area (Å²) in [5, 5.41) is 0.621. The summed E-state index contributed by atoms with van der Waals surface area (Å²) in [5.74, 6) is 0. The highest BCUT2D eigenvalue weighted by molar-refractivity contribution is 7.86. The van der Waals surface area contributed by atoms with Gasteiger partial charge in [0.1, 0.15) is 0 Å². The van der Waals surface area contributed by atoms with Crippen LogP contribution in [0.25, 0.3) is 0 Å². The average Bonchev–Trinajstić information content (AvgIpc) is 3.29. The van der Waals surface area contributed by atoms with Gasteiger partial charge >= 0.3 is 0 Å². The number of hydrogen-bond acceptors (Lipinski definition) is 3. The molecule has 1 aliphatic rings. The molecule has 0 aliphatic heterocycles. The van der Waals surface area contributed by atoms with Gasteiger partial charge in [-0.25, -0.2) is 0 Å². The van der Waals surface area contributed by atoms with Crippen molar-refractivity contribution in [1.82, 2.24) is 8.61 Å². The van der Waals surface area contributed by atoms with Crippen LogP contribution in [0.2, 0.25) is 5.02 Å². The van der Waals surface area contributed by atoms with E-state index in [4.69, 9.17) is 16.3 Å². The first-order valence-corrected chi connectivity index (χ1v) is 8.60. The minimum Gasteiger partial charge on any atom is -0.383 e. The number of ether oxygens (including phenoxy) is 1. The Kier molecular flexibility index (Phi) is 5.27. The maximum absolute atomic E-state index is 12.6. The molecule has 118 valence electrons. The van der Waals surface area contributed by atoms with E-state index in [2.05, 4.69) is 0 Å². The largest absolute Gasteiger partial charge is 0.383 e. The van der Waals surface area contributed by atoms with Gasteiger partial charge in [-0.1, -0.05) is 23.7 Å². The summed E-state index contributed by atoms with van der Waals surface area (Å²) in [6.45, 7) is 0.288. The van der Waals surface area contributed by atoms with Crippen molar-refractivity contribution in [3.8, 4) is 0 Å². The lowest BCUT2D eigenvalue weighted by molar-refractivity contribution is 0.139. The second-order valence-electron chi connectivity index (χ2n) is 5.29. The van der Waals surface area contributed by atoms with Gasteiger partial charge in [0, 0.05) is 32.3 Å². The van der Waals surface area contributed by atoms with Crippen LogP contribution in [-0.4, -0.2) is 50.9 Å². The highest BCUT2D eigenvalue weighted by Gasteiger charge is 2.38. The van der Waals surface area contributed by atoms with Crippen LogP contribution < -0.4 is 0 Å². The average molecular weight is 333 g/mol. The fraction of sp³-hybridized carbons (Fsp3) is 0.571. The topological polar surface area (TPSA) is 49.9 Å². The predicted molar refractivity (Wildman–Crippen MR) is 83.5 cm³/mol. The maximum atomic E-state index is 12.6. The molecular weight excluding hydrogens is 312 g/mol. The highest BCUT2D eigenvalue weighted by atomic mass is 35.5. The first-order valence-electron chi connectivity index (χ1n) is 6.83. The van der Waals surface area contributed by atoms with Gasteiger partial charge in [-0.2, -0.15) is 17.0 Å². The van der Waals surface area contributed by atoms with E-state index in [0.717, 1.165) is 18.4 Å². The zero-order valence-electron chi connectivity index (χ0n) is 12.5. The number of rotatable bonds is 7. The molecule has 1 aliphatic carbocycles. The first-order chi connectivity index (χ1) is 9.87. The molecule has 0 heterocycles. The lowest BCUT2D eigenvalue weighted by Crippen LogP contribution is -2.43. The molecule has 1 saturated carbocycles. The van der Waals surface area contributed by atoms with E-state index >= 15 is 0 Å². The number of halogens is 1. The molecule has 0 saturated heterocycles. The van der Waals surface area contributed by atoms with Crippen LogP contribution in [0.1, 0.15) is 24.4 Å². The third-order valence-electron chi connectivity index (χ3n) is 3.81. The van der Waals surface area contributed by atoms with Crippen molar-refractivity contribution in [1.29, 1.82) is 0 Å². The van der Waals surface area contributed by atoms with Crippen molar-refractivity contribution in [2.45, 2.75) is 24.9 Å². The van der Waals surface area contributed by atoms with Crippen molar-refractivity contribution in [3.05, 3.63) is 34.9 Å². The minimum atomic E-state index is -3.50. The minimum absolute atomic E-state index is 0.130. The van der Waals surface area contributed by atoms with Crippen LogP contribution in [0.5, 0.6) is 0 Å². The molecule has 5 nitrogen and oxygen atoms in total. The normalized spacial score (nSPS) is 17.4. The molecule has 1 aromatic carbocycles. The lowest BCUT2D eigenvalue weighted by atomic mass is 10.1. The molecule has 0 radical (unpaired) electrons. The fourth-order valence-corrected chi connectivity index (χ4v) is 3.87. The van der Waals surface area contributed by atoms with Crippen molar-refractivity contribution in [2.24, 2.45) is 0 Å². The van der Waals surface area contributed by atoms with E-state index in [1.165, 1.54) is 8.61 Å². The zero-order chi connectivity index (χ0) is 15.6. The lowest BCUT2D eigenvalue weighted by Gasteiger charge is -2.31. The van der Waals surface area contributed by atoms with Crippen LogP contribution in [0.3, 0.4) is 0 Å². The summed E-state index contributed by atoms with van der Waals surface area (Å²) in [7, 11) is 1.29. The molecular formula is C14H21ClN2O3S. The quantitative estimate of drug-likeness (QED) is 0.770. The summed E-state index contributed by atoms with van der Waals surface area (Å²) in [5.41, 5.74) is 0.858. The van der Waals surface area contributed by atoms with Crippen molar-refractivity contribution >= 4 is 21.8 Å². The Morgan fingerprint density at radius 2 is 1.86 bits per heavy atom. The number of likely N-dealkylation sites (N-methyl/N-ethyl adjacent to an activating group) is 1. The molecule has 1 fully saturated rings. The molecule has 1 aromatic rings. The van der Waals surface area contributed by atoms with Crippen LogP contribution >= 0.6 is 11.6 Å². The van der Waals surface area contributed by atoms with Crippen molar-refractivity contribution in [2.75, 3.05) is 27.8 Å². The van der Waals surface area contributed by atoms with Gasteiger partial charge in [0.05, 0.1) is 12.6 Å². The first kappa shape index (κ1) is 16.7. The predicted octanol–water partition coefficient (Wildman–Crippen LogP) is 2.30. The highest BCUT2D eigenvalue weighted by Crippen LogP contribution is 2.31. The Labute approximate surface area is 131 Å². The van der Waals surface area contributed by atoms with Crippen LogP contribution in [-0.2, 0) is 14.9 Å². The molecule has 0 aromatic heterocycles. The van der Waals surface area contributed by atoms with Gasteiger partial charge in [0.25, 0.3) is 10.2 Å². The van der Waals surface area contributed by atoms with Gasteiger partial charge in [0.15, 0.2) is 0 Å². The fourth-order valence-electron chi connectivity index (χ4n) is 2.24. The van der Waals surface area contributed by atoms with E-state index in [1.807, 2.05) is 12.1 Å². The molecule has 0 spiro atoms. The molecule has 0 bridgehead atoms. The van der Waals surface area contributed by atoms with Gasteiger partial charge in [-0.3, -0.25) is 0 Å². The van der Waals surface area contributed by atoms with Crippen molar-refractivity contribution in [3.63, 3.8) is 0 Å². The Bertz CT molecular complexity index is 572. The zero-order valence-corrected chi connectivity index (χ0v) is 14.1. The Morgan fingerprint density at radius 1 is 1.29 bits per heavy atom. The molecule has 1 atom stereocenters. The smallest absolute Gasteiger partial charge is 0.282 e. The molecule has 0 amide bonds. The monoisotopic (exact) mass is 332 g/mol. The molecule has 2 rings (SSSR count). The maximum Gasteiger partial charge on any atom is 0.282 e. The molecule has 1 unspecified atom stereocenters. The summed E-state index contributed by atoms with van der Waals surface area (Å²) in [6.07, 6.45) is 1.86. The molecule has 0 N–H and O–H groups in total. The summed E-state index contributed by atoms with van der Waals surface area (Å²) in [4.78, 5) is 0. The second kappa shape index (κ2) is 6.62. The van der Waals surface area contributed by atoms with Gasteiger partial charge in [-0.05, 0) is 30.5 Å². The van der Waals surface area contributed by atoms with E-state index in [-0.39, 0.29) is 18.7 Å². The molecule has 21 heavy (non-hydrogen) atoms. The second-order valence-corrected chi connectivity index (χ2v) is 7.78. The third-order valence-corrected chi connectivity index (χ3v) is 6.07. The summed E-state index contributed by atoms with van der Waals surface area (Å²) in [6, 6.07) is 6.92. The Hall–Kier alpha value is -0.660. The van der Waals surface area contributed by atoms with E-state index in [0.29, 0.717) is 5.02 Å². The summed E-state index contributed by atoms with van der Waals surface area (Å²) < 4.78 is 33.3. The third kappa shape index (κ3) is 3.76. The number of nitrogens with zero attached hydrogens (tertiary/aromatic N) is 2. The SMILES string of the molecule is COCC(c1ccc(Cl)cc1)N(C)S(=O)(=O)N(C)C1CC1. The van der Waals surface area contributed by atoms with Crippen LogP contribution in [0.4, 0.5) is 0 Å². The number of benzene rings is 1. The van der Waals surface area contributed by atoms with Crippen molar-refractivity contribution < 1.29 is 13.2 Å². The Morgan fingerprint density at radius 3 is 2.33 bits per heavy atom. The standard InChI is InChI=1S/C14H21ClN2O3S/c1-16(13-8-9-13)21(18,19)17(2)14(10-20-3)11-4-6-12(15)7-5-11/h4-7,13-14H,8-10H2,1-3H3. The summed E-state index contributed by atoms with van der Waals surface area (Å²) >= 11 is 5.89. The van der Waals surface area contributed by atoms with Gasteiger partial charge in [0.2, 0.25) is 0 Å². The van der Waals surface area contributed by atoms with E-state index < -0.39 is 10.2 Å². The van der Waals surface area contributed by atoms with E-state index in [1.54, 1.807) is 33.3 Å². The van der Waals surface area contributed by atoms with E-state index in [9.17, 15) is 8.42 Å². The van der Waals surface area contributed by atoms with Gasteiger partial charge in [-0.15, -0.1) is 0 Å². The Balaban J connectivity index is 2.26. The van der Waals surface area contributed by atoms with Crippen LogP contribution in [0.15, 0.2) is 24.3 Å². The van der Waals surface area contributed by atoms with Crippen LogP contribution in [0, 0.1) is 0 Å². The number of hydrogen-bond donors (Lipinski definition) is 0. The van der Waals surface area contributed by atoms with Gasteiger partial charge < -0.3 is 4.74 Å².